The van der Waals surface area contributed by atoms with E-state index in [-0.39, 0.29) is 11.7 Å². The third-order valence-corrected chi connectivity index (χ3v) is 6.87. The first-order chi connectivity index (χ1) is 18.3. The molecule has 1 atom stereocenters. The van der Waals surface area contributed by atoms with Gasteiger partial charge >= 0.3 is 0 Å². The zero-order valence-electron chi connectivity index (χ0n) is 21.7. The van der Waals surface area contributed by atoms with E-state index >= 15 is 0 Å². The molecule has 0 unspecified atom stereocenters. The number of nitrogens with zero attached hydrogens (tertiary/aromatic N) is 3. The molecule has 1 aliphatic carbocycles. The van der Waals surface area contributed by atoms with E-state index in [1.165, 1.54) is 23.3 Å². The second-order valence-electron chi connectivity index (χ2n) is 10.4. The maximum atomic E-state index is 13.6. The summed E-state index contributed by atoms with van der Waals surface area (Å²) in [6.07, 6.45) is 4.19. The van der Waals surface area contributed by atoms with Gasteiger partial charge in [0.1, 0.15) is 11.6 Å². The van der Waals surface area contributed by atoms with Crippen LogP contribution in [0.25, 0.3) is 5.57 Å². The lowest BCUT2D eigenvalue weighted by Crippen LogP contribution is -2.50. The van der Waals surface area contributed by atoms with Crippen molar-refractivity contribution in [2.24, 2.45) is 5.73 Å². The highest BCUT2D eigenvalue weighted by atomic mass is 19.1. The number of nitrogens with two attached hydrogens (primary N) is 1. The molecule has 1 aliphatic rings. The van der Waals surface area contributed by atoms with Gasteiger partial charge in [0.25, 0.3) is 0 Å². The summed E-state index contributed by atoms with van der Waals surface area (Å²) >= 11 is 0. The van der Waals surface area contributed by atoms with E-state index in [0.29, 0.717) is 25.2 Å². The lowest BCUT2D eigenvalue weighted by molar-refractivity contribution is -0.126. The lowest BCUT2D eigenvalue weighted by atomic mass is 9.98. The number of hydrogen-bond donors (Lipinski definition) is 2. The molecule has 5 rings (SSSR count). The molecule has 6 nitrogen and oxygen atoms in total. The molecule has 0 spiro atoms. The highest BCUT2D eigenvalue weighted by Gasteiger charge is 2.30. The Bertz CT molecular complexity index is 1450. The summed E-state index contributed by atoms with van der Waals surface area (Å²) in [6, 6.07) is 24.3. The number of carbonyl (C=O) groups excluding carboxylic acids is 1. The normalized spacial score (nSPS) is 13.6. The van der Waals surface area contributed by atoms with Crippen LogP contribution in [0, 0.1) is 5.82 Å². The fourth-order valence-electron chi connectivity index (χ4n) is 4.78. The predicted molar refractivity (Wildman–Crippen MR) is 147 cm³/mol. The number of nitrogens with one attached hydrogen (secondary N) is 1. The van der Waals surface area contributed by atoms with Crippen molar-refractivity contribution < 1.29 is 9.18 Å². The molecule has 0 bridgehead atoms. The van der Waals surface area contributed by atoms with Crippen LogP contribution in [0.4, 0.5) is 4.39 Å². The van der Waals surface area contributed by atoms with Crippen molar-refractivity contribution in [2.75, 3.05) is 0 Å². The van der Waals surface area contributed by atoms with Crippen LogP contribution in [0.3, 0.4) is 0 Å². The third-order valence-electron chi connectivity index (χ3n) is 6.87. The maximum absolute atomic E-state index is 13.6. The van der Waals surface area contributed by atoms with Gasteiger partial charge < -0.3 is 15.6 Å². The van der Waals surface area contributed by atoms with Gasteiger partial charge in [-0.05, 0) is 60.2 Å². The maximum Gasteiger partial charge on any atom is 0.240 e. The lowest BCUT2D eigenvalue weighted by Gasteiger charge is -2.25. The summed E-state index contributed by atoms with van der Waals surface area (Å²) in [5.74, 6) is 0.852. The average Bonchev–Trinajstić information content (AvgIpc) is 3.49. The molecular weight excluding hydrogens is 477 g/mol. The zero-order chi connectivity index (χ0) is 26.7. The number of hydrogen-bond acceptors (Lipinski definition) is 4. The fourth-order valence-corrected chi connectivity index (χ4v) is 4.78. The SMILES string of the molecule is CC(C)(N)C(=O)N[C@H](CC1=CCc2ccccc21)c1nnc(Cc2ccccc2)n1Cc1ccc(F)cc1. The summed E-state index contributed by atoms with van der Waals surface area (Å²) in [5, 5.41) is 12.3. The Hall–Kier alpha value is -4.10. The quantitative estimate of drug-likeness (QED) is 0.333. The topological polar surface area (TPSA) is 85.8 Å². The van der Waals surface area contributed by atoms with Crippen LogP contribution in [-0.4, -0.2) is 26.2 Å². The summed E-state index contributed by atoms with van der Waals surface area (Å²) < 4.78 is 15.7. The molecule has 1 amide bonds. The number of aromatic nitrogens is 3. The Morgan fingerprint density at radius 3 is 2.45 bits per heavy atom. The van der Waals surface area contributed by atoms with Crippen molar-refractivity contribution in [1.29, 1.82) is 0 Å². The Kier molecular flexibility index (Phi) is 7.20. The Morgan fingerprint density at radius 2 is 1.71 bits per heavy atom. The molecule has 0 saturated carbocycles. The van der Waals surface area contributed by atoms with E-state index < -0.39 is 11.6 Å². The van der Waals surface area contributed by atoms with Gasteiger partial charge in [0, 0.05) is 12.8 Å². The molecule has 3 aromatic carbocycles. The summed E-state index contributed by atoms with van der Waals surface area (Å²) in [7, 11) is 0. The highest BCUT2D eigenvalue weighted by molar-refractivity contribution is 5.85. The van der Waals surface area contributed by atoms with Gasteiger partial charge in [0.2, 0.25) is 5.91 Å². The number of benzene rings is 3. The van der Waals surface area contributed by atoms with Crippen LogP contribution in [0.2, 0.25) is 0 Å². The molecule has 0 radical (unpaired) electrons. The van der Waals surface area contributed by atoms with Crippen molar-refractivity contribution in [2.45, 2.75) is 51.2 Å². The Balaban J connectivity index is 1.55. The first-order valence-electron chi connectivity index (χ1n) is 12.9. The largest absolute Gasteiger partial charge is 0.344 e. The van der Waals surface area contributed by atoms with E-state index in [4.69, 9.17) is 5.73 Å². The molecule has 0 fully saturated rings. The van der Waals surface area contributed by atoms with Crippen LogP contribution in [0.15, 0.2) is 84.9 Å². The predicted octanol–water partition coefficient (Wildman–Crippen LogP) is 4.98. The number of carbonyl (C=O) groups is 1. The average molecular weight is 510 g/mol. The summed E-state index contributed by atoms with van der Waals surface area (Å²) in [4.78, 5) is 13.1. The minimum Gasteiger partial charge on any atom is -0.344 e. The fraction of sp³-hybridized carbons (Fsp3) is 0.258. The van der Waals surface area contributed by atoms with Gasteiger partial charge in [-0.2, -0.15) is 0 Å². The smallest absolute Gasteiger partial charge is 0.240 e. The van der Waals surface area contributed by atoms with Crippen molar-refractivity contribution in [1.82, 2.24) is 20.1 Å². The van der Waals surface area contributed by atoms with Crippen LogP contribution in [0.5, 0.6) is 0 Å². The van der Waals surface area contributed by atoms with Crippen LogP contribution in [0.1, 0.15) is 60.2 Å². The van der Waals surface area contributed by atoms with Crippen LogP contribution >= 0.6 is 0 Å². The molecule has 3 N–H and O–H groups in total. The number of rotatable bonds is 9. The number of fused-ring (bicyclic) bond motifs is 1. The monoisotopic (exact) mass is 509 g/mol. The van der Waals surface area contributed by atoms with Gasteiger partial charge in [-0.3, -0.25) is 4.79 Å². The molecule has 38 heavy (non-hydrogen) atoms. The van der Waals surface area contributed by atoms with E-state index in [1.807, 2.05) is 47.0 Å². The zero-order valence-corrected chi connectivity index (χ0v) is 21.7. The van der Waals surface area contributed by atoms with Crippen LogP contribution in [-0.2, 0) is 24.2 Å². The van der Waals surface area contributed by atoms with Crippen molar-refractivity contribution in [3.63, 3.8) is 0 Å². The molecular formula is C31H32FN5O. The van der Waals surface area contributed by atoms with Gasteiger partial charge in [-0.25, -0.2) is 4.39 Å². The first kappa shape index (κ1) is 25.5. The van der Waals surface area contributed by atoms with Gasteiger partial charge in [0.05, 0.1) is 18.1 Å². The van der Waals surface area contributed by atoms with Gasteiger partial charge in [0.15, 0.2) is 5.82 Å². The Labute approximate surface area is 222 Å². The minimum absolute atomic E-state index is 0.268. The number of allylic oxidation sites excluding steroid dienone is 1. The molecule has 1 heterocycles. The summed E-state index contributed by atoms with van der Waals surface area (Å²) in [6.45, 7) is 3.82. The van der Waals surface area contributed by atoms with E-state index in [2.05, 4.69) is 33.7 Å². The van der Waals surface area contributed by atoms with E-state index in [0.717, 1.165) is 28.9 Å². The third kappa shape index (κ3) is 5.73. The molecule has 1 aromatic heterocycles. The number of halogens is 1. The summed E-state index contributed by atoms with van der Waals surface area (Å²) in [5.41, 5.74) is 10.7. The van der Waals surface area contributed by atoms with Crippen LogP contribution < -0.4 is 11.1 Å². The van der Waals surface area contributed by atoms with Crippen molar-refractivity contribution in [3.05, 3.63) is 125 Å². The second kappa shape index (κ2) is 10.7. The van der Waals surface area contributed by atoms with Crippen molar-refractivity contribution in [3.8, 4) is 0 Å². The second-order valence-corrected chi connectivity index (χ2v) is 10.4. The standard InChI is InChI=1S/C31H32FN5O/c1-31(2,33)30(38)34-27(19-24-15-14-23-10-6-7-11-26(23)24)29-36-35-28(18-21-8-4-3-5-9-21)37(29)20-22-12-16-25(32)17-13-22/h3-13,15-17,27H,14,18-20,33H2,1-2H3,(H,34,38)/t27-/m1/s1. The first-order valence-corrected chi connectivity index (χ1v) is 12.9. The van der Waals surface area contributed by atoms with E-state index in [9.17, 15) is 9.18 Å². The van der Waals surface area contributed by atoms with Gasteiger partial charge in [-0.15, -0.1) is 10.2 Å². The van der Waals surface area contributed by atoms with E-state index in [1.54, 1.807) is 26.0 Å². The Morgan fingerprint density at radius 1 is 1.00 bits per heavy atom. The highest BCUT2D eigenvalue weighted by Crippen LogP contribution is 2.34. The molecule has 4 aromatic rings. The minimum atomic E-state index is -1.06. The number of amides is 1. The molecule has 0 aliphatic heterocycles. The van der Waals surface area contributed by atoms with Crippen molar-refractivity contribution >= 4 is 11.5 Å². The molecule has 7 heteroatoms. The molecule has 194 valence electrons. The molecule has 0 saturated heterocycles. The van der Waals surface area contributed by atoms with Gasteiger partial charge in [-0.1, -0.05) is 72.8 Å².